The van der Waals surface area contributed by atoms with E-state index in [0.717, 1.165) is 4.60 Å². The molecule has 13 heavy (non-hydrogen) atoms. The van der Waals surface area contributed by atoms with Gasteiger partial charge in [0.15, 0.2) is 0 Å². The van der Waals surface area contributed by atoms with Crippen LogP contribution < -0.4 is 4.40 Å². The van der Waals surface area contributed by atoms with E-state index in [2.05, 4.69) is 54.7 Å². The Hall–Kier alpha value is 0.173. The molecule has 0 atom stereocenters. The molecule has 0 aliphatic heterocycles. The number of rotatable bonds is 1. The predicted molar refractivity (Wildman–Crippen MR) is 61.8 cm³/mol. The van der Waals surface area contributed by atoms with Crippen LogP contribution in [0.1, 0.15) is 26.3 Å². The maximum absolute atomic E-state index is 4.27. The zero-order chi connectivity index (χ0) is 10.1. The van der Waals surface area contributed by atoms with Gasteiger partial charge < -0.3 is 0 Å². The van der Waals surface area contributed by atoms with Gasteiger partial charge in [0.25, 0.3) is 0 Å². The third-order valence-electron chi connectivity index (χ3n) is 1.59. The Morgan fingerprint density at radius 3 is 2.46 bits per heavy atom. The van der Waals surface area contributed by atoms with Gasteiger partial charge in [-0.1, -0.05) is 0 Å². The number of pyridine rings is 1. The van der Waals surface area contributed by atoms with E-state index in [9.17, 15) is 0 Å². The molecule has 0 aromatic carbocycles. The Kier molecular flexibility index (Phi) is 3.58. The average molecular weight is 301 g/mol. The second-order valence-corrected chi connectivity index (χ2v) is 9.81. The van der Waals surface area contributed by atoms with Crippen molar-refractivity contribution in [1.82, 2.24) is 4.98 Å². The summed E-state index contributed by atoms with van der Waals surface area (Å²) in [5, 5.41) is 0. The van der Waals surface area contributed by atoms with Crippen molar-refractivity contribution in [3.05, 3.63) is 22.4 Å². The van der Waals surface area contributed by atoms with Crippen LogP contribution in [0.3, 0.4) is 0 Å². The third kappa shape index (κ3) is 3.81. The minimum atomic E-state index is -0.0730. The molecule has 0 bridgehead atoms. The van der Waals surface area contributed by atoms with Crippen molar-refractivity contribution >= 4 is 35.8 Å². The molecule has 0 aliphatic rings. The van der Waals surface area contributed by atoms with Crippen molar-refractivity contribution in [3.8, 4) is 0 Å². The van der Waals surface area contributed by atoms with Crippen molar-refractivity contribution in [2.24, 2.45) is 0 Å². The molecular weight excluding hydrogens is 287 g/mol. The fraction of sp³-hybridized carbons (Fsp3) is 0.500. The van der Waals surface area contributed by atoms with E-state index in [4.69, 9.17) is 0 Å². The number of aromatic nitrogens is 1. The Labute approximate surface area is 94.9 Å². The molecule has 0 unspecified atom stereocenters. The first-order chi connectivity index (χ1) is 5.88. The second-order valence-electron chi connectivity index (χ2n) is 4.20. The summed E-state index contributed by atoms with van der Waals surface area (Å²) in [5.74, 6) is 0. The SMILES string of the molecule is Cc1cc(Br)nc[c]1[Ge][C](C)(C)C. The molecule has 1 rings (SSSR count). The van der Waals surface area contributed by atoms with Crippen LogP contribution >= 0.6 is 15.9 Å². The molecule has 70 valence electrons. The van der Waals surface area contributed by atoms with Crippen LogP contribution in [0.25, 0.3) is 0 Å². The number of hydrogen-bond donors (Lipinski definition) is 0. The third-order valence-corrected chi connectivity index (χ3v) is 5.26. The van der Waals surface area contributed by atoms with Crippen LogP contribution in [0, 0.1) is 6.92 Å². The van der Waals surface area contributed by atoms with E-state index < -0.39 is 0 Å². The normalized spacial score (nSPS) is 11.8. The van der Waals surface area contributed by atoms with Crippen molar-refractivity contribution in [3.63, 3.8) is 0 Å². The number of hydrogen-bond acceptors (Lipinski definition) is 1. The Morgan fingerprint density at radius 1 is 1.38 bits per heavy atom. The second kappa shape index (κ2) is 4.13. The van der Waals surface area contributed by atoms with Crippen LogP contribution in [-0.4, -0.2) is 20.4 Å². The zero-order valence-electron chi connectivity index (χ0n) is 8.48. The topological polar surface area (TPSA) is 12.9 Å². The number of halogens is 1. The van der Waals surface area contributed by atoms with E-state index in [1.54, 1.807) is 0 Å². The summed E-state index contributed by atoms with van der Waals surface area (Å²) in [6, 6.07) is 2.10. The summed E-state index contributed by atoms with van der Waals surface area (Å²) < 4.78 is 2.87. The van der Waals surface area contributed by atoms with Crippen LogP contribution in [-0.2, 0) is 0 Å². The molecule has 0 amide bonds. The van der Waals surface area contributed by atoms with Gasteiger partial charge >= 0.3 is 95.1 Å². The first kappa shape index (κ1) is 11.2. The molecule has 1 aromatic rings. The average Bonchev–Trinajstić information content (AvgIpc) is 1.93. The van der Waals surface area contributed by atoms with Crippen molar-refractivity contribution in [2.45, 2.75) is 31.9 Å². The number of nitrogens with zero attached hydrogens (tertiary/aromatic N) is 1. The monoisotopic (exact) mass is 301 g/mol. The predicted octanol–water partition coefficient (Wildman–Crippen LogP) is 2.70. The number of aryl methyl sites for hydroxylation is 1. The van der Waals surface area contributed by atoms with Crippen LogP contribution in [0.2, 0.25) is 4.25 Å². The fourth-order valence-corrected chi connectivity index (χ4v) is 4.03. The molecule has 0 aliphatic carbocycles. The molecule has 1 heterocycles. The van der Waals surface area contributed by atoms with Gasteiger partial charge in [-0.15, -0.1) is 0 Å². The summed E-state index contributed by atoms with van der Waals surface area (Å²) in [6.07, 6.45) is 2.02. The van der Waals surface area contributed by atoms with Crippen LogP contribution in [0.4, 0.5) is 0 Å². The molecule has 0 fully saturated rings. The summed E-state index contributed by atoms with van der Waals surface area (Å²) in [4.78, 5) is 4.27. The molecule has 0 saturated heterocycles. The van der Waals surface area contributed by atoms with Gasteiger partial charge in [0.1, 0.15) is 0 Å². The van der Waals surface area contributed by atoms with E-state index in [1.165, 1.54) is 9.96 Å². The molecule has 1 aromatic heterocycles. The molecule has 0 spiro atoms. The Balaban J connectivity index is 2.90. The first-order valence-electron chi connectivity index (χ1n) is 4.29. The molecular formula is C10H14BrGeN. The van der Waals surface area contributed by atoms with Crippen molar-refractivity contribution in [2.75, 3.05) is 0 Å². The quantitative estimate of drug-likeness (QED) is 0.574. The molecule has 0 saturated carbocycles. The molecule has 3 heteroatoms. The summed E-state index contributed by atoms with van der Waals surface area (Å²) >= 11 is 3.31. The van der Waals surface area contributed by atoms with Gasteiger partial charge in [0, 0.05) is 0 Å². The van der Waals surface area contributed by atoms with E-state index >= 15 is 0 Å². The van der Waals surface area contributed by atoms with Gasteiger partial charge in [0.05, 0.1) is 0 Å². The first-order valence-corrected chi connectivity index (χ1v) is 7.18. The van der Waals surface area contributed by atoms with Gasteiger partial charge in [-0.25, -0.2) is 0 Å². The fourth-order valence-electron chi connectivity index (χ4n) is 1.06. The molecule has 0 N–H and O–H groups in total. The van der Waals surface area contributed by atoms with Gasteiger partial charge in [0.2, 0.25) is 0 Å². The molecule has 1 nitrogen and oxygen atoms in total. The Morgan fingerprint density at radius 2 is 2.00 bits per heavy atom. The minimum absolute atomic E-state index is 0.0730. The summed E-state index contributed by atoms with van der Waals surface area (Å²) in [6.45, 7) is 9.06. The van der Waals surface area contributed by atoms with Gasteiger partial charge in [-0.3, -0.25) is 0 Å². The summed E-state index contributed by atoms with van der Waals surface area (Å²) in [7, 11) is 0. The van der Waals surface area contributed by atoms with Crippen molar-refractivity contribution in [1.29, 1.82) is 0 Å². The van der Waals surface area contributed by atoms with E-state index in [0.29, 0.717) is 4.25 Å². The van der Waals surface area contributed by atoms with Gasteiger partial charge in [-0.05, 0) is 0 Å². The zero-order valence-corrected chi connectivity index (χ0v) is 12.2. The van der Waals surface area contributed by atoms with Gasteiger partial charge in [-0.2, -0.15) is 0 Å². The Bertz CT molecular complexity index is 304. The van der Waals surface area contributed by atoms with E-state index in [-0.39, 0.29) is 15.4 Å². The maximum atomic E-state index is 4.27. The standard InChI is InChI=1S/C10H14BrGeN/c1-7-5-9(11)13-6-8(7)12-10(2,3)4/h5-6H,1-4H3. The van der Waals surface area contributed by atoms with E-state index in [1.807, 2.05) is 6.20 Å². The van der Waals surface area contributed by atoms with Crippen molar-refractivity contribution < 1.29 is 0 Å². The van der Waals surface area contributed by atoms with Crippen LogP contribution in [0.5, 0.6) is 0 Å². The molecule has 2 radical (unpaired) electrons. The summed E-state index contributed by atoms with van der Waals surface area (Å²) in [5.41, 5.74) is 1.37. The van der Waals surface area contributed by atoms with Crippen LogP contribution in [0.15, 0.2) is 16.9 Å².